The molecule has 2 aromatic rings. The van der Waals surface area contributed by atoms with Crippen LogP contribution in [0.3, 0.4) is 0 Å². The Kier molecular flexibility index (Phi) is 4.36. The number of aromatic nitrogens is 1. The van der Waals surface area contributed by atoms with Crippen LogP contribution in [0.25, 0.3) is 0 Å². The van der Waals surface area contributed by atoms with E-state index in [1.54, 1.807) is 31.5 Å². The normalized spacial score (nSPS) is 11.3. The molecule has 0 atom stereocenters. The third kappa shape index (κ3) is 3.79. The molecule has 0 aliphatic carbocycles. The summed E-state index contributed by atoms with van der Waals surface area (Å²) in [5.41, 5.74) is 1.84. The van der Waals surface area contributed by atoms with Crippen LogP contribution < -0.4 is 9.88 Å². The summed E-state index contributed by atoms with van der Waals surface area (Å²) < 4.78 is 28.6. The van der Waals surface area contributed by atoms with Crippen LogP contribution in [-0.2, 0) is 16.4 Å². The smallest absolute Gasteiger partial charge is 0.241 e. The Morgan fingerprint density at radius 1 is 1.30 bits per heavy atom. The number of benzene rings is 1. The van der Waals surface area contributed by atoms with Gasteiger partial charge in [-0.05, 0) is 36.2 Å². The molecule has 0 saturated heterocycles. The van der Waals surface area contributed by atoms with E-state index in [9.17, 15) is 8.42 Å². The minimum absolute atomic E-state index is 0.0173. The van der Waals surface area contributed by atoms with E-state index in [1.807, 2.05) is 12.1 Å². The van der Waals surface area contributed by atoms with Gasteiger partial charge in [0.25, 0.3) is 0 Å². The lowest BCUT2D eigenvalue weighted by Crippen LogP contribution is -2.15. The first-order valence-corrected chi connectivity index (χ1v) is 7.66. The van der Waals surface area contributed by atoms with Gasteiger partial charge in [0.1, 0.15) is 10.6 Å². The Balaban J connectivity index is 2.10. The predicted molar refractivity (Wildman–Crippen MR) is 76.0 cm³/mol. The van der Waals surface area contributed by atoms with Crippen LogP contribution in [0.4, 0.5) is 0 Å². The summed E-state index contributed by atoms with van der Waals surface area (Å²) in [4.78, 5) is 4.02. The fourth-order valence-electron chi connectivity index (χ4n) is 1.78. The van der Waals surface area contributed by atoms with Crippen LogP contribution in [0.15, 0.2) is 47.6 Å². The van der Waals surface area contributed by atoms with E-state index in [1.165, 1.54) is 6.07 Å². The van der Waals surface area contributed by atoms with Crippen molar-refractivity contribution in [2.24, 2.45) is 5.14 Å². The van der Waals surface area contributed by atoms with E-state index in [2.05, 4.69) is 4.98 Å². The molecule has 20 heavy (non-hydrogen) atoms. The highest BCUT2D eigenvalue weighted by Crippen LogP contribution is 2.24. The number of nitrogens with two attached hydrogens (primary N) is 1. The minimum atomic E-state index is -3.79. The first-order valence-electron chi connectivity index (χ1n) is 6.12. The van der Waals surface area contributed by atoms with Gasteiger partial charge in [-0.15, -0.1) is 0 Å². The Morgan fingerprint density at radius 2 is 2.10 bits per heavy atom. The Labute approximate surface area is 118 Å². The summed E-state index contributed by atoms with van der Waals surface area (Å²) in [5, 5.41) is 5.19. The number of aryl methyl sites for hydroxylation is 1. The maximum Gasteiger partial charge on any atom is 0.241 e. The van der Waals surface area contributed by atoms with Crippen LogP contribution >= 0.6 is 0 Å². The maximum atomic E-state index is 11.5. The lowest BCUT2D eigenvalue weighted by atomic mass is 10.2. The number of hydrogen-bond donors (Lipinski definition) is 1. The molecular formula is C14H16N2O3S. The number of primary sulfonamides is 1. The number of sulfonamides is 1. The van der Waals surface area contributed by atoms with Crippen LogP contribution in [0.5, 0.6) is 5.75 Å². The van der Waals surface area contributed by atoms with Crippen molar-refractivity contribution in [3.05, 3.63) is 53.9 Å². The van der Waals surface area contributed by atoms with Crippen molar-refractivity contribution in [3.8, 4) is 5.75 Å². The number of ether oxygens (including phenoxy) is 1. The highest BCUT2D eigenvalue weighted by molar-refractivity contribution is 7.89. The van der Waals surface area contributed by atoms with Crippen molar-refractivity contribution in [2.45, 2.75) is 18.2 Å². The summed E-state index contributed by atoms with van der Waals surface area (Å²) >= 11 is 0. The summed E-state index contributed by atoms with van der Waals surface area (Å²) in [6, 6.07) is 8.70. The predicted octanol–water partition coefficient (Wildman–Crippen LogP) is 1.66. The monoisotopic (exact) mass is 292 g/mol. The third-order valence-electron chi connectivity index (χ3n) is 2.78. The van der Waals surface area contributed by atoms with Crippen molar-refractivity contribution in [3.63, 3.8) is 0 Å². The first kappa shape index (κ1) is 14.5. The van der Waals surface area contributed by atoms with Crippen LogP contribution in [-0.4, -0.2) is 20.0 Å². The van der Waals surface area contributed by atoms with Crippen molar-refractivity contribution in [2.75, 3.05) is 6.61 Å². The molecule has 5 nitrogen and oxygen atoms in total. The average molecular weight is 292 g/mol. The van der Waals surface area contributed by atoms with Gasteiger partial charge in [-0.1, -0.05) is 12.1 Å². The van der Waals surface area contributed by atoms with Gasteiger partial charge in [0.15, 0.2) is 0 Å². The second-order valence-corrected chi connectivity index (χ2v) is 5.98. The summed E-state index contributed by atoms with van der Waals surface area (Å²) in [6.07, 6.45) is 4.09. The first-order chi connectivity index (χ1) is 9.47. The maximum absolute atomic E-state index is 11.5. The zero-order chi connectivity index (χ0) is 14.6. The quantitative estimate of drug-likeness (QED) is 0.908. The Morgan fingerprint density at radius 3 is 2.75 bits per heavy atom. The highest BCUT2D eigenvalue weighted by Gasteiger charge is 2.15. The number of nitrogens with zero attached hydrogens (tertiary/aromatic N) is 1. The number of pyridine rings is 1. The van der Waals surface area contributed by atoms with Crippen molar-refractivity contribution in [1.82, 2.24) is 4.98 Å². The fourth-order valence-corrected chi connectivity index (χ4v) is 2.54. The summed E-state index contributed by atoms with van der Waals surface area (Å²) in [7, 11) is -3.79. The highest BCUT2D eigenvalue weighted by atomic mass is 32.2. The SMILES string of the molecule is Cc1ccc(OCCc2cccnc2)c(S(N)(=O)=O)c1. The van der Waals surface area contributed by atoms with Crippen LogP contribution in [0, 0.1) is 6.92 Å². The third-order valence-corrected chi connectivity index (χ3v) is 3.71. The van der Waals surface area contributed by atoms with E-state index in [-0.39, 0.29) is 10.6 Å². The van der Waals surface area contributed by atoms with Gasteiger partial charge in [0.2, 0.25) is 10.0 Å². The summed E-state index contributed by atoms with van der Waals surface area (Å²) in [6.45, 7) is 2.16. The molecule has 1 aromatic heterocycles. The molecule has 6 heteroatoms. The van der Waals surface area contributed by atoms with E-state index in [0.717, 1.165) is 11.1 Å². The van der Waals surface area contributed by atoms with Gasteiger partial charge >= 0.3 is 0 Å². The van der Waals surface area contributed by atoms with E-state index in [4.69, 9.17) is 9.88 Å². The lowest BCUT2D eigenvalue weighted by molar-refractivity contribution is 0.313. The van der Waals surface area contributed by atoms with E-state index in [0.29, 0.717) is 13.0 Å². The molecule has 1 aromatic carbocycles. The second-order valence-electron chi connectivity index (χ2n) is 4.45. The average Bonchev–Trinajstić information content (AvgIpc) is 2.40. The zero-order valence-electron chi connectivity index (χ0n) is 11.1. The molecule has 0 bridgehead atoms. The minimum Gasteiger partial charge on any atom is -0.492 e. The molecule has 0 fully saturated rings. The van der Waals surface area contributed by atoms with Crippen molar-refractivity contribution >= 4 is 10.0 Å². The molecule has 0 spiro atoms. The molecule has 0 aliphatic rings. The molecule has 0 radical (unpaired) electrons. The lowest BCUT2D eigenvalue weighted by Gasteiger charge is -2.11. The van der Waals surface area contributed by atoms with Crippen LogP contribution in [0.2, 0.25) is 0 Å². The largest absolute Gasteiger partial charge is 0.492 e. The zero-order valence-corrected chi connectivity index (χ0v) is 11.9. The van der Waals surface area contributed by atoms with Gasteiger partial charge in [-0.3, -0.25) is 4.98 Å². The van der Waals surface area contributed by atoms with E-state index >= 15 is 0 Å². The van der Waals surface area contributed by atoms with Crippen LogP contribution in [0.1, 0.15) is 11.1 Å². The Hall–Kier alpha value is -1.92. The molecule has 0 unspecified atom stereocenters. The van der Waals surface area contributed by atoms with Gasteiger partial charge in [-0.2, -0.15) is 0 Å². The Bertz CT molecular complexity index is 685. The molecule has 2 rings (SSSR count). The van der Waals surface area contributed by atoms with E-state index < -0.39 is 10.0 Å². The van der Waals surface area contributed by atoms with Gasteiger partial charge in [-0.25, -0.2) is 13.6 Å². The van der Waals surface area contributed by atoms with Crippen molar-refractivity contribution < 1.29 is 13.2 Å². The topological polar surface area (TPSA) is 82.3 Å². The van der Waals surface area contributed by atoms with Crippen molar-refractivity contribution in [1.29, 1.82) is 0 Å². The number of rotatable bonds is 5. The molecule has 0 aliphatic heterocycles. The standard InChI is InChI=1S/C14H16N2O3S/c1-11-4-5-13(14(9-11)20(15,17)18)19-8-6-12-3-2-7-16-10-12/h2-5,7,9-10H,6,8H2,1H3,(H2,15,17,18). The fraction of sp³-hybridized carbons (Fsp3) is 0.214. The molecule has 2 N–H and O–H groups in total. The molecule has 0 saturated carbocycles. The van der Waals surface area contributed by atoms with Gasteiger partial charge in [0.05, 0.1) is 6.61 Å². The number of hydrogen-bond acceptors (Lipinski definition) is 4. The van der Waals surface area contributed by atoms with Gasteiger partial charge in [0, 0.05) is 18.8 Å². The van der Waals surface area contributed by atoms with Gasteiger partial charge < -0.3 is 4.74 Å². The molecular weight excluding hydrogens is 276 g/mol. The second kappa shape index (κ2) is 6.02. The molecule has 106 valence electrons. The molecule has 0 amide bonds. The molecule has 1 heterocycles. The summed E-state index contributed by atoms with van der Waals surface area (Å²) in [5.74, 6) is 0.280.